The van der Waals surface area contributed by atoms with Crippen LogP contribution in [0.25, 0.3) is 0 Å². The van der Waals surface area contributed by atoms with E-state index in [-0.39, 0.29) is 30.6 Å². The van der Waals surface area contributed by atoms with Gasteiger partial charge in [-0.2, -0.15) is 0 Å². The van der Waals surface area contributed by atoms with Gasteiger partial charge in [0.15, 0.2) is 11.6 Å². The average Bonchev–Trinajstić information content (AvgIpc) is 3.31. The molecule has 0 aromatic heterocycles. The van der Waals surface area contributed by atoms with Gasteiger partial charge in [0.05, 0.1) is 25.2 Å². The Morgan fingerprint density at radius 3 is 2.40 bits per heavy atom. The Kier molecular flexibility index (Phi) is 10.2. The number of urea groups is 1. The molecule has 4 N–H and O–H groups in total. The number of aliphatic hydroxyl groups excluding tert-OH is 1. The number of carbonyl (C=O) groups excluding carboxylic acids is 2. The predicted octanol–water partition coefficient (Wildman–Crippen LogP) is 3.22. The average molecular weight is 606 g/mol. The fourth-order valence-electron chi connectivity index (χ4n) is 4.77. The highest BCUT2D eigenvalue weighted by Gasteiger charge is 2.36. The SMILES string of the molecule is CN(C)c1cccc(CNC[C@@H](O)[C@H](Cc2cc(F)cc(F)c2)NC(=O)[C@@H]2CN(Cc3cc(F)c(F)cc3F)C(=O)N2)c1. The van der Waals surface area contributed by atoms with E-state index in [4.69, 9.17) is 0 Å². The van der Waals surface area contributed by atoms with Gasteiger partial charge in [0.2, 0.25) is 5.91 Å². The quantitative estimate of drug-likeness (QED) is 0.188. The van der Waals surface area contributed by atoms with Gasteiger partial charge in [-0.15, -0.1) is 0 Å². The first kappa shape index (κ1) is 31.7. The lowest BCUT2D eigenvalue weighted by atomic mass is 10.00. The minimum absolute atomic E-state index is 0.00744. The number of hydrogen-bond donors (Lipinski definition) is 4. The number of nitrogens with zero attached hydrogens (tertiary/aromatic N) is 2. The van der Waals surface area contributed by atoms with Crippen LogP contribution >= 0.6 is 0 Å². The molecule has 0 saturated carbocycles. The standard InChI is InChI=1S/C30H32F5N5O3/c1-39(2)22-5-3-4-17(8-22)13-36-14-28(41)26(9-18-6-20(31)11-21(32)7-18)37-29(42)27-16-40(30(43)38-27)15-19-10-24(34)25(35)12-23(19)33/h3-8,10-12,26-28,36,41H,9,13-16H2,1-2H3,(H,37,42)(H,38,43)/t26-,27-,28+/m0/s1. The highest BCUT2D eigenvalue weighted by molar-refractivity contribution is 5.90. The molecule has 0 radical (unpaired) electrons. The monoisotopic (exact) mass is 605 g/mol. The number of carbonyl (C=O) groups is 2. The summed E-state index contributed by atoms with van der Waals surface area (Å²) in [6.07, 6.45) is -1.35. The van der Waals surface area contributed by atoms with Gasteiger partial charge in [-0.05, 0) is 47.9 Å². The summed E-state index contributed by atoms with van der Waals surface area (Å²) in [6, 6.07) is 8.70. The molecule has 0 bridgehead atoms. The molecule has 0 unspecified atom stereocenters. The second-order valence-electron chi connectivity index (χ2n) is 10.6. The third kappa shape index (κ3) is 8.42. The summed E-state index contributed by atoms with van der Waals surface area (Å²) >= 11 is 0. The van der Waals surface area contributed by atoms with Crippen molar-refractivity contribution in [2.24, 2.45) is 0 Å². The molecule has 0 aliphatic carbocycles. The third-order valence-electron chi connectivity index (χ3n) is 7.03. The van der Waals surface area contributed by atoms with Crippen LogP contribution in [0.2, 0.25) is 0 Å². The van der Waals surface area contributed by atoms with Crippen molar-refractivity contribution in [3.63, 3.8) is 0 Å². The lowest BCUT2D eigenvalue weighted by molar-refractivity contribution is -0.124. The van der Waals surface area contributed by atoms with Crippen molar-refractivity contribution in [3.05, 3.63) is 100 Å². The molecule has 4 rings (SSSR count). The van der Waals surface area contributed by atoms with Crippen LogP contribution in [-0.4, -0.2) is 67.3 Å². The Morgan fingerprint density at radius 1 is 1.00 bits per heavy atom. The van der Waals surface area contributed by atoms with Gasteiger partial charge in [0.1, 0.15) is 23.5 Å². The number of hydrogen-bond acceptors (Lipinski definition) is 5. The summed E-state index contributed by atoms with van der Waals surface area (Å²) < 4.78 is 68.8. The van der Waals surface area contributed by atoms with Gasteiger partial charge < -0.3 is 30.9 Å². The highest BCUT2D eigenvalue weighted by Crippen LogP contribution is 2.19. The second-order valence-corrected chi connectivity index (χ2v) is 10.6. The van der Waals surface area contributed by atoms with Crippen molar-refractivity contribution in [2.75, 3.05) is 32.1 Å². The van der Waals surface area contributed by atoms with E-state index in [0.717, 1.165) is 28.3 Å². The van der Waals surface area contributed by atoms with E-state index in [0.29, 0.717) is 24.7 Å². The van der Waals surface area contributed by atoms with Gasteiger partial charge in [-0.25, -0.2) is 26.7 Å². The summed E-state index contributed by atoms with van der Waals surface area (Å²) in [4.78, 5) is 28.6. The normalized spacial score (nSPS) is 16.1. The Labute approximate surface area is 245 Å². The largest absolute Gasteiger partial charge is 0.390 e. The minimum atomic E-state index is -1.37. The maximum Gasteiger partial charge on any atom is 0.318 e. The first-order valence-electron chi connectivity index (χ1n) is 13.5. The van der Waals surface area contributed by atoms with E-state index in [1.165, 1.54) is 0 Å². The van der Waals surface area contributed by atoms with E-state index < -0.39 is 65.8 Å². The first-order chi connectivity index (χ1) is 20.4. The zero-order chi connectivity index (χ0) is 31.3. The zero-order valence-corrected chi connectivity index (χ0v) is 23.5. The molecule has 3 atom stereocenters. The molecule has 1 heterocycles. The number of anilines is 1. The van der Waals surface area contributed by atoms with Crippen molar-refractivity contribution >= 4 is 17.6 Å². The zero-order valence-electron chi connectivity index (χ0n) is 23.5. The molecule has 1 fully saturated rings. The van der Waals surface area contributed by atoms with Crippen molar-refractivity contribution in [2.45, 2.75) is 37.7 Å². The summed E-state index contributed by atoms with van der Waals surface area (Å²) in [7, 11) is 3.82. The fourth-order valence-corrected chi connectivity index (χ4v) is 4.77. The highest BCUT2D eigenvalue weighted by atomic mass is 19.2. The Morgan fingerprint density at radius 2 is 1.70 bits per heavy atom. The lowest BCUT2D eigenvalue weighted by Gasteiger charge is -2.26. The van der Waals surface area contributed by atoms with Crippen LogP contribution in [-0.2, 0) is 24.3 Å². The fraction of sp³-hybridized carbons (Fsp3) is 0.333. The van der Waals surface area contributed by atoms with E-state index in [1.54, 1.807) is 0 Å². The molecule has 0 spiro atoms. The van der Waals surface area contributed by atoms with Crippen molar-refractivity contribution < 1.29 is 36.6 Å². The first-order valence-corrected chi connectivity index (χ1v) is 13.5. The molecule has 1 saturated heterocycles. The summed E-state index contributed by atoms with van der Waals surface area (Å²) in [5.41, 5.74) is 1.83. The Hall–Kier alpha value is -4.23. The maximum absolute atomic E-state index is 14.1. The summed E-state index contributed by atoms with van der Waals surface area (Å²) in [5, 5.41) is 19.2. The van der Waals surface area contributed by atoms with Crippen LogP contribution in [0.4, 0.5) is 32.4 Å². The van der Waals surface area contributed by atoms with Crippen LogP contribution in [0.5, 0.6) is 0 Å². The summed E-state index contributed by atoms with van der Waals surface area (Å²) in [6.45, 7) is -0.261. The van der Waals surface area contributed by atoms with E-state index in [1.807, 2.05) is 43.3 Å². The number of amides is 3. The molecule has 3 aromatic carbocycles. The van der Waals surface area contributed by atoms with E-state index in [9.17, 15) is 36.6 Å². The van der Waals surface area contributed by atoms with Gasteiger partial charge >= 0.3 is 6.03 Å². The minimum Gasteiger partial charge on any atom is -0.390 e. The smallest absolute Gasteiger partial charge is 0.318 e. The molecule has 1 aliphatic rings. The molecule has 3 aromatic rings. The van der Waals surface area contributed by atoms with Gasteiger partial charge in [0, 0.05) is 50.6 Å². The Balaban J connectivity index is 1.43. The van der Waals surface area contributed by atoms with Gasteiger partial charge in [-0.3, -0.25) is 4.79 Å². The number of aliphatic hydroxyl groups is 1. The van der Waals surface area contributed by atoms with Crippen LogP contribution in [0.1, 0.15) is 16.7 Å². The lowest BCUT2D eigenvalue weighted by Crippen LogP contribution is -2.53. The number of nitrogens with one attached hydrogen (secondary N) is 3. The second kappa shape index (κ2) is 13.8. The molecule has 43 heavy (non-hydrogen) atoms. The van der Waals surface area contributed by atoms with Crippen LogP contribution in [0.3, 0.4) is 0 Å². The number of halogens is 5. The van der Waals surface area contributed by atoms with Crippen LogP contribution < -0.4 is 20.9 Å². The molecular formula is C30H32F5N5O3. The van der Waals surface area contributed by atoms with Crippen molar-refractivity contribution in [1.29, 1.82) is 0 Å². The number of benzene rings is 3. The van der Waals surface area contributed by atoms with E-state index >= 15 is 0 Å². The Bertz CT molecular complexity index is 1450. The molecule has 3 amide bonds. The van der Waals surface area contributed by atoms with Crippen LogP contribution in [0.15, 0.2) is 54.6 Å². The predicted molar refractivity (Wildman–Crippen MR) is 150 cm³/mol. The number of rotatable bonds is 12. The third-order valence-corrected chi connectivity index (χ3v) is 7.03. The molecule has 230 valence electrons. The van der Waals surface area contributed by atoms with Crippen molar-refractivity contribution in [3.8, 4) is 0 Å². The molecule has 13 heteroatoms. The van der Waals surface area contributed by atoms with Gasteiger partial charge in [0.25, 0.3) is 0 Å². The van der Waals surface area contributed by atoms with Crippen LogP contribution in [0, 0.1) is 29.1 Å². The summed E-state index contributed by atoms with van der Waals surface area (Å²) in [5.74, 6) is -6.06. The molecule has 1 aliphatic heterocycles. The van der Waals surface area contributed by atoms with Gasteiger partial charge in [-0.1, -0.05) is 12.1 Å². The molecule has 8 nitrogen and oxygen atoms in total. The van der Waals surface area contributed by atoms with Crippen molar-refractivity contribution in [1.82, 2.24) is 20.9 Å². The van der Waals surface area contributed by atoms with E-state index in [2.05, 4.69) is 16.0 Å². The topological polar surface area (TPSA) is 96.9 Å². The maximum atomic E-state index is 14.1. The molecular weight excluding hydrogens is 573 g/mol.